The summed E-state index contributed by atoms with van der Waals surface area (Å²) in [4.78, 5) is 12.4. The second kappa shape index (κ2) is 8.21. The molecule has 0 aliphatic rings. The van der Waals surface area contributed by atoms with Crippen LogP contribution in [0, 0.1) is 0 Å². The summed E-state index contributed by atoms with van der Waals surface area (Å²) in [5.74, 6) is -0.129. The lowest BCUT2D eigenvalue weighted by atomic mass is 10.1. The Balaban J connectivity index is 1.96. The van der Waals surface area contributed by atoms with Crippen LogP contribution in [0.4, 0.5) is 0 Å². The lowest BCUT2D eigenvalue weighted by Crippen LogP contribution is -2.26. The van der Waals surface area contributed by atoms with E-state index in [9.17, 15) is 13.2 Å². The highest BCUT2D eigenvalue weighted by molar-refractivity contribution is 7.90. The van der Waals surface area contributed by atoms with Gasteiger partial charge in [0.15, 0.2) is 9.84 Å². The molecule has 7 heteroatoms. The third-order valence-electron chi connectivity index (χ3n) is 3.85. The van der Waals surface area contributed by atoms with E-state index in [0.29, 0.717) is 16.5 Å². The normalized spacial score (nSPS) is 12.6. The maximum atomic E-state index is 12.2. The lowest BCUT2D eigenvalue weighted by Gasteiger charge is -2.15. The summed E-state index contributed by atoms with van der Waals surface area (Å²) in [7, 11) is -3.23. The number of nitrogens with one attached hydrogen (secondary N) is 1. The van der Waals surface area contributed by atoms with Crippen LogP contribution in [0.1, 0.15) is 30.5 Å². The number of hydrogen-bond donors (Lipinski definition) is 1. The molecule has 4 nitrogen and oxygen atoms in total. The summed E-state index contributed by atoms with van der Waals surface area (Å²) in [5, 5.41) is 3.98. The minimum Gasteiger partial charge on any atom is -0.350 e. The Hall–Kier alpha value is -1.56. The average Bonchev–Trinajstić information content (AvgIpc) is 2.53. The van der Waals surface area contributed by atoms with E-state index < -0.39 is 9.84 Å². The smallest absolute Gasteiger partial charge is 0.220 e. The highest BCUT2D eigenvalue weighted by Gasteiger charge is 2.13. The van der Waals surface area contributed by atoms with Gasteiger partial charge in [0.2, 0.25) is 5.91 Å². The predicted molar refractivity (Wildman–Crippen MR) is 101 cm³/mol. The molecule has 1 N–H and O–H groups in total. The van der Waals surface area contributed by atoms with Crippen molar-refractivity contribution in [1.82, 2.24) is 5.32 Å². The summed E-state index contributed by atoms with van der Waals surface area (Å²) in [5.41, 5.74) is 1.59. The number of rotatable bonds is 6. The summed E-state index contributed by atoms with van der Waals surface area (Å²) < 4.78 is 23.0. The minimum absolute atomic E-state index is 0.129. The van der Waals surface area contributed by atoms with E-state index in [1.165, 1.54) is 12.1 Å². The monoisotopic (exact) mass is 399 g/mol. The van der Waals surface area contributed by atoms with Crippen molar-refractivity contribution in [3.05, 3.63) is 63.6 Å². The zero-order chi connectivity index (χ0) is 18.6. The molecule has 0 saturated carbocycles. The first-order valence-corrected chi connectivity index (χ1v) is 10.4. The Morgan fingerprint density at radius 1 is 1.08 bits per heavy atom. The number of amides is 1. The molecular weight excluding hydrogens is 381 g/mol. The van der Waals surface area contributed by atoms with Crippen LogP contribution >= 0.6 is 23.2 Å². The number of carbonyl (C=O) groups is 1. The van der Waals surface area contributed by atoms with Gasteiger partial charge in [-0.2, -0.15) is 0 Å². The van der Waals surface area contributed by atoms with Gasteiger partial charge in [-0.15, -0.1) is 0 Å². The van der Waals surface area contributed by atoms with Crippen LogP contribution in [0.5, 0.6) is 0 Å². The van der Waals surface area contributed by atoms with Crippen LogP contribution in [0.2, 0.25) is 10.0 Å². The molecule has 0 bridgehead atoms. The molecule has 134 valence electrons. The van der Waals surface area contributed by atoms with E-state index in [-0.39, 0.29) is 23.3 Å². The maximum absolute atomic E-state index is 12.2. The van der Waals surface area contributed by atoms with E-state index in [2.05, 4.69) is 5.32 Å². The van der Waals surface area contributed by atoms with Gasteiger partial charge in [-0.1, -0.05) is 41.4 Å². The van der Waals surface area contributed by atoms with Crippen molar-refractivity contribution in [2.24, 2.45) is 0 Å². The van der Waals surface area contributed by atoms with Gasteiger partial charge in [0, 0.05) is 22.7 Å². The largest absolute Gasteiger partial charge is 0.350 e. The van der Waals surface area contributed by atoms with Crippen LogP contribution < -0.4 is 5.32 Å². The summed E-state index contributed by atoms with van der Waals surface area (Å²) in [6, 6.07) is 11.5. The van der Waals surface area contributed by atoms with E-state index in [1.54, 1.807) is 30.3 Å². The molecule has 2 rings (SSSR count). The molecule has 0 aliphatic carbocycles. The molecule has 0 spiro atoms. The molecule has 2 aromatic rings. The van der Waals surface area contributed by atoms with Gasteiger partial charge in [0.05, 0.1) is 10.9 Å². The second-order valence-electron chi connectivity index (χ2n) is 5.83. The van der Waals surface area contributed by atoms with E-state index in [0.717, 1.165) is 17.4 Å². The van der Waals surface area contributed by atoms with Gasteiger partial charge in [0.1, 0.15) is 0 Å². The molecule has 0 aromatic heterocycles. The van der Waals surface area contributed by atoms with Gasteiger partial charge >= 0.3 is 0 Å². The first-order chi connectivity index (χ1) is 11.7. The first kappa shape index (κ1) is 19.8. The molecule has 1 unspecified atom stereocenters. The Labute approximate surface area is 158 Å². The Kier molecular flexibility index (Phi) is 6.49. The van der Waals surface area contributed by atoms with Crippen LogP contribution in [0.15, 0.2) is 47.4 Å². The van der Waals surface area contributed by atoms with Crippen LogP contribution in [-0.2, 0) is 21.1 Å². The number of benzene rings is 2. The summed E-state index contributed by atoms with van der Waals surface area (Å²) >= 11 is 12.2. The highest BCUT2D eigenvalue weighted by Crippen LogP contribution is 2.25. The third-order valence-corrected chi connectivity index (χ3v) is 5.69. The molecule has 25 heavy (non-hydrogen) atoms. The van der Waals surface area contributed by atoms with Crippen molar-refractivity contribution in [1.29, 1.82) is 0 Å². The summed E-state index contributed by atoms with van der Waals surface area (Å²) in [6.45, 7) is 1.84. The second-order valence-corrected chi connectivity index (χ2v) is 8.66. The molecular formula is C18H19Cl2NO3S. The fourth-order valence-corrected chi connectivity index (χ4v) is 3.63. The molecule has 1 atom stereocenters. The van der Waals surface area contributed by atoms with Crippen molar-refractivity contribution in [3.8, 4) is 0 Å². The van der Waals surface area contributed by atoms with Crippen molar-refractivity contribution in [2.75, 3.05) is 6.26 Å². The van der Waals surface area contributed by atoms with Crippen molar-refractivity contribution in [3.63, 3.8) is 0 Å². The number of hydrogen-bond acceptors (Lipinski definition) is 3. The third kappa shape index (κ3) is 5.46. The van der Waals surface area contributed by atoms with E-state index in [4.69, 9.17) is 23.2 Å². The maximum Gasteiger partial charge on any atom is 0.220 e. The average molecular weight is 400 g/mol. The summed E-state index contributed by atoms with van der Waals surface area (Å²) in [6.07, 6.45) is 1.87. The minimum atomic E-state index is -3.23. The van der Waals surface area contributed by atoms with E-state index in [1.807, 2.05) is 6.92 Å². The van der Waals surface area contributed by atoms with Gasteiger partial charge < -0.3 is 5.32 Å². The van der Waals surface area contributed by atoms with Crippen LogP contribution in [-0.4, -0.2) is 20.6 Å². The van der Waals surface area contributed by atoms with Gasteiger partial charge in [0.25, 0.3) is 0 Å². The SMILES string of the molecule is CC(NC(=O)CCc1c(Cl)cccc1Cl)c1ccc(S(C)(=O)=O)cc1. The molecule has 0 aliphatic heterocycles. The van der Waals surface area contributed by atoms with Crippen molar-refractivity contribution >= 4 is 38.9 Å². The van der Waals surface area contributed by atoms with Crippen LogP contribution in [0.3, 0.4) is 0 Å². The Morgan fingerprint density at radius 2 is 1.64 bits per heavy atom. The molecule has 2 aromatic carbocycles. The van der Waals surface area contributed by atoms with Crippen LogP contribution in [0.25, 0.3) is 0 Å². The zero-order valence-corrected chi connectivity index (χ0v) is 16.3. The fourth-order valence-electron chi connectivity index (χ4n) is 2.41. The zero-order valence-electron chi connectivity index (χ0n) is 13.9. The van der Waals surface area contributed by atoms with Gasteiger partial charge in [-0.25, -0.2) is 8.42 Å². The van der Waals surface area contributed by atoms with Crippen molar-refractivity contribution < 1.29 is 13.2 Å². The topological polar surface area (TPSA) is 63.2 Å². The molecule has 0 radical (unpaired) electrons. The Bertz CT molecular complexity index is 844. The number of halogens is 2. The molecule has 1 amide bonds. The Morgan fingerprint density at radius 3 is 2.16 bits per heavy atom. The number of carbonyl (C=O) groups excluding carboxylic acids is 1. The molecule has 0 saturated heterocycles. The van der Waals surface area contributed by atoms with Gasteiger partial charge in [-0.3, -0.25) is 4.79 Å². The number of sulfone groups is 1. The molecule has 0 heterocycles. The standard InChI is InChI=1S/C18H19Cl2NO3S/c1-12(13-6-8-14(9-7-13)25(2,23)24)21-18(22)11-10-15-16(19)4-3-5-17(15)20/h3-9,12H,10-11H2,1-2H3,(H,21,22). The lowest BCUT2D eigenvalue weighted by molar-refractivity contribution is -0.121. The van der Waals surface area contributed by atoms with Crippen molar-refractivity contribution in [2.45, 2.75) is 30.7 Å². The van der Waals surface area contributed by atoms with E-state index >= 15 is 0 Å². The quantitative estimate of drug-likeness (QED) is 0.790. The first-order valence-electron chi connectivity index (χ1n) is 7.70. The van der Waals surface area contributed by atoms with Gasteiger partial charge in [-0.05, 0) is 48.7 Å². The highest BCUT2D eigenvalue weighted by atomic mass is 35.5. The fraction of sp³-hybridized carbons (Fsp3) is 0.278. The molecule has 0 fully saturated rings. The predicted octanol–water partition coefficient (Wildman–Crippen LogP) is 4.21.